The fraction of sp³-hybridized carbons (Fsp3) is 0.571. The van der Waals surface area contributed by atoms with E-state index in [1.165, 1.54) is 0 Å². The van der Waals surface area contributed by atoms with Gasteiger partial charge in [-0.05, 0) is 40.2 Å². The Bertz CT molecular complexity index is 662. The van der Waals surface area contributed by atoms with Crippen molar-refractivity contribution in [1.82, 2.24) is 20.9 Å². The van der Waals surface area contributed by atoms with Crippen molar-refractivity contribution in [1.29, 1.82) is 0 Å². The summed E-state index contributed by atoms with van der Waals surface area (Å²) in [5.74, 6) is 0.489. The van der Waals surface area contributed by atoms with Crippen LogP contribution in [0.5, 0.6) is 0 Å². The summed E-state index contributed by atoms with van der Waals surface area (Å²) in [5.41, 5.74) is 0.559. The Hall–Kier alpha value is -2.04. The van der Waals surface area contributed by atoms with E-state index in [4.69, 9.17) is 4.74 Å². The minimum absolute atomic E-state index is 0. The van der Waals surface area contributed by atoms with Crippen LogP contribution in [-0.2, 0) is 16.1 Å². The van der Waals surface area contributed by atoms with Crippen LogP contribution in [0.2, 0.25) is 0 Å². The van der Waals surface area contributed by atoms with Gasteiger partial charge in [-0.15, -0.1) is 24.0 Å². The van der Waals surface area contributed by atoms with Crippen molar-refractivity contribution in [2.24, 2.45) is 4.99 Å². The molecule has 0 aromatic heterocycles. The molecular formula is C21H36IN5O3. The molecule has 30 heavy (non-hydrogen) atoms. The molecule has 0 saturated heterocycles. The van der Waals surface area contributed by atoms with Crippen molar-refractivity contribution in [2.75, 3.05) is 32.7 Å². The molecule has 0 radical (unpaired) electrons. The second kappa shape index (κ2) is 14.9. The van der Waals surface area contributed by atoms with Crippen LogP contribution >= 0.6 is 24.0 Å². The average Bonchev–Trinajstić information content (AvgIpc) is 2.66. The van der Waals surface area contributed by atoms with Crippen LogP contribution in [0.3, 0.4) is 0 Å². The molecule has 1 aromatic rings. The van der Waals surface area contributed by atoms with Gasteiger partial charge in [-0.1, -0.05) is 30.3 Å². The van der Waals surface area contributed by atoms with Gasteiger partial charge in [0.25, 0.3) is 0 Å². The number of carbonyl (C=O) groups is 2. The number of benzene rings is 1. The zero-order valence-corrected chi connectivity index (χ0v) is 21.0. The molecule has 170 valence electrons. The fourth-order valence-electron chi connectivity index (χ4n) is 2.43. The van der Waals surface area contributed by atoms with Gasteiger partial charge >= 0.3 is 6.09 Å². The SMILES string of the molecule is CCNC(=NCC(=O)N(CC)Cc1ccccc1)NCCNC(=O)OC(C)(C)C.I. The lowest BCUT2D eigenvalue weighted by Gasteiger charge is -2.21. The zero-order chi connectivity index (χ0) is 21.7. The molecule has 0 fully saturated rings. The maximum Gasteiger partial charge on any atom is 0.407 e. The van der Waals surface area contributed by atoms with Crippen molar-refractivity contribution < 1.29 is 14.3 Å². The van der Waals surface area contributed by atoms with E-state index in [-0.39, 0.29) is 36.4 Å². The second-order valence-electron chi connectivity index (χ2n) is 7.44. The van der Waals surface area contributed by atoms with E-state index in [0.29, 0.717) is 38.7 Å². The van der Waals surface area contributed by atoms with Gasteiger partial charge in [0.1, 0.15) is 12.1 Å². The third kappa shape index (κ3) is 12.5. The molecule has 0 aliphatic carbocycles. The minimum atomic E-state index is -0.529. The standard InChI is InChI=1S/C21H35N5O3.HI/c1-6-22-19(23-13-14-24-20(28)29-21(3,4)5)25-15-18(27)26(7-2)16-17-11-9-8-10-12-17;/h8-12H,6-7,13-16H2,1-5H3,(H,24,28)(H2,22,23,25);1H. The lowest BCUT2D eigenvalue weighted by molar-refractivity contribution is -0.130. The average molecular weight is 533 g/mol. The Morgan fingerprint density at radius 3 is 2.23 bits per heavy atom. The van der Waals surface area contributed by atoms with E-state index in [9.17, 15) is 9.59 Å². The third-order valence-corrected chi connectivity index (χ3v) is 3.75. The molecule has 1 aromatic carbocycles. The van der Waals surface area contributed by atoms with E-state index in [2.05, 4.69) is 20.9 Å². The van der Waals surface area contributed by atoms with Gasteiger partial charge in [0.2, 0.25) is 5.91 Å². The third-order valence-electron chi connectivity index (χ3n) is 3.75. The highest BCUT2D eigenvalue weighted by atomic mass is 127. The van der Waals surface area contributed by atoms with Crippen molar-refractivity contribution >= 4 is 41.9 Å². The highest BCUT2D eigenvalue weighted by Gasteiger charge is 2.15. The number of ether oxygens (including phenoxy) is 1. The summed E-state index contributed by atoms with van der Waals surface area (Å²) < 4.78 is 5.18. The Morgan fingerprint density at radius 2 is 1.67 bits per heavy atom. The van der Waals surface area contributed by atoms with Gasteiger partial charge in [-0.3, -0.25) is 4.79 Å². The summed E-state index contributed by atoms with van der Waals surface area (Å²) in [5, 5.41) is 8.87. The van der Waals surface area contributed by atoms with E-state index < -0.39 is 11.7 Å². The van der Waals surface area contributed by atoms with Crippen molar-refractivity contribution in [3.8, 4) is 0 Å². The van der Waals surface area contributed by atoms with Gasteiger partial charge in [-0.25, -0.2) is 9.79 Å². The quantitative estimate of drug-likeness (QED) is 0.197. The molecule has 1 rings (SSSR count). The second-order valence-corrected chi connectivity index (χ2v) is 7.44. The summed E-state index contributed by atoms with van der Waals surface area (Å²) in [6.07, 6.45) is -0.462. The number of nitrogens with zero attached hydrogens (tertiary/aromatic N) is 2. The molecule has 0 bridgehead atoms. The van der Waals surface area contributed by atoms with Gasteiger partial charge in [0, 0.05) is 32.7 Å². The van der Waals surface area contributed by atoms with Crippen molar-refractivity contribution in [3.05, 3.63) is 35.9 Å². The Kier molecular flexibility index (Phi) is 13.9. The van der Waals surface area contributed by atoms with Crippen molar-refractivity contribution in [3.63, 3.8) is 0 Å². The summed E-state index contributed by atoms with van der Waals surface area (Å²) >= 11 is 0. The largest absolute Gasteiger partial charge is 0.444 e. The molecule has 0 aliphatic rings. The van der Waals surface area contributed by atoms with Crippen LogP contribution in [0.15, 0.2) is 35.3 Å². The lowest BCUT2D eigenvalue weighted by atomic mass is 10.2. The fourth-order valence-corrected chi connectivity index (χ4v) is 2.43. The first-order valence-electron chi connectivity index (χ1n) is 10.1. The Labute approximate surface area is 197 Å². The van der Waals surface area contributed by atoms with E-state index in [1.807, 2.05) is 65.0 Å². The van der Waals surface area contributed by atoms with Crippen LogP contribution in [0, 0.1) is 0 Å². The highest BCUT2D eigenvalue weighted by Crippen LogP contribution is 2.06. The van der Waals surface area contributed by atoms with Gasteiger partial charge in [-0.2, -0.15) is 0 Å². The molecule has 0 aliphatic heterocycles. The van der Waals surface area contributed by atoms with E-state index in [0.717, 1.165) is 5.56 Å². The number of carbonyl (C=O) groups excluding carboxylic acids is 2. The zero-order valence-electron chi connectivity index (χ0n) is 18.7. The van der Waals surface area contributed by atoms with Gasteiger partial charge in [0.15, 0.2) is 5.96 Å². The number of rotatable bonds is 9. The van der Waals surface area contributed by atoms with Gasteiger partial charge < -0.3 is 25.6 Å². The number of alkyl carbamates (subject to hydrolysis) is 1. The molecule has 3 N–H and O–H groups in total. The highest BCUT2D eigenvalue weighted by molar-refractivity contribution is 14.0. The van der Waals surface area contributed by atoms with Crippen LogP contribution < -0.4 is 16.0 Å². The number of amides is 2. The lowest BCUT2D eigenvalue weighted by Crippen LogP contribution is -2.43. The molecular weight excluding hydrogens is 497 g/mol. The van der Waals surface area contributed by atoms with Crippen LogP contribution in [-0.4, -0.2) is 61.2 Å². The number of aliphatic imine (C=N–C) groups is 1. The summed E-state index contributed by atoms with van der Waals surface area (Å²) in [6.45, 7) is 12.1. The smallest absolute Gasteiger partial charge is 0.407 e. The summed E-state index contributed by atoms with van der Waals surface area (Å²) in [7, 11) is 0. The summed E-state index contributed by atoms with van der Waals surface area (Å²) in [4.78, 5) is 30.3. The number of hydrogen-bond donors (Lipinski definition) is 3. The number of guanidine groups is 1. The summed E-state index contributed by atoms with van der Waals surface area (Å²) in [6, 6.07) is 9.89. The first kappa shape index (κ1) is 28.0. The van der Waals surface area contributed by atoms with Crippen LogP contribution in [0.4, 0.5) is 4.79 Å². The first-order chi connectivity index (χ1) is 13.7. The normalized spacial score (nSPS) is 11.2. The predicted octanol–water partition coefficient (Wildman–Crippen LogP) is 2.73. The minimum Gasteiger partial charge on any atom is -0.444 e. The van der Waals surface area contributed by atoms with Crippen LogP contribution in [0.1, 0.15) is 40.2 Å². The van der Waals surface area contributed by atoms with Gasteiger partial charge in [0.05, 0.1) is 0 Å². The monoisotopic (exact) mass is 533 g/mol. The Balaban J connectivity index is 0.00000841. The predicted molar refractivity (Wildman–Crippen MR) is 131 cm³/mol. The van der Waals surface area contributed by atoms with Crippen LogP contribution in [0.25, 0.3) is 0 Å². The number of likely N-dealkylation sites (N-methyl/N-ethyl adjacent to an activating group) is 1. The molecule has 0 spiro atoms. The number of halogens is 1. The van der Waals surface area contributed by atoms with E-state index in [1.54, 1.807) is 4.90 Å². The Morgan fingerprint density at radius 1 is 1.03 bits per heavy atom. The first-order valence-corrected chi connectivity index (χ1v) is 10.1. The molecule has 0 heterocycles. The number of nitrogens with one attached hydrogen (secondary N) is 3. The number of hydrogen-bond acceptors (Lipinski definition) is 4. The molecule has 0 unspecified atom stereocenters. The molecule has 9 heteroatoms. The van der Waals surface area contributed by atoms with Crippen molar-refractivity contribution in [2.45, 2.75) is 46.8 Å². The maximum atomic E-state index is 12.5. The molecule has 8 nitrogen and oxygen atoms in total. The molecule has 0 atom stereocenters. The maximum absolute atomic E-state index is 12.5. The molecule has 2 amide bonds. The van der Waals surface area contributed by atoms with E-state index >= 15 is 0 Å². The topological polar surface area (TPSA) is 95.1 Å². The molecule has 0 saturated carbocycles.